The molecule has 3 rings (SSSR count). The third kappa shape index (κ3) is 4.56. The normalized spacial score (nSPS) is 15.6. The third-order valence-corrected chi connectivity index (χ3v) is 5.48. The number of hydrogen-bond acceptors (Lipinski definition) is 5. The highest BCUT2D eigenvalue weighted by Gasteiger charge is 2.39. The Morgan fingerprint density at radius 2 is 2.00 bits per heavy atom. The van der Waals surface area contributed by atoms with E-state index in [0.29, 0.717) is 31.7 Å². The summed E-state index contributed by atoms with van der Waals surface area (Å²) in [5, 5.41) is 5.48. The largest absolute Gasteiger partial charge is 0.347 e. The van der Waals surface area contributed by atoms with E-state index >= 15 is 0 Å². The summed E-state index contributed by atoms with van der Waals surface area (Å²) in [4.78, 5) is 45.5. The Balaban J connectivity index is 1.78. The zero-order valence-corrected chi connectivity index (χ0v) is 16.7. The van der Waals surface area contributed by atoms with Gasteiger partial charge in [-0.3, -0.25) is 14.4 Å². The molecule has 1 N–H and O–H groups in total. The minimum Gasteiger partial charge on any atom is -0.347 e. The molecule has 0 radical (unpaired) electrons. The van der Waals surface area contributed by atoms with Gasteiger partial charge >= 0.3 is 11.8 Å². The number of carbonyl (C=O) groups is 3. The van der Waals surface area contributed by atoms with Crippen LogP contribution in [0.2, 0.25) is 0 Å². The Morgan fingerprint density at radius 3 is 2.68 bits per heavy atom. The molecule has 0 spiro atoms. The lowest BCUT2D eigenvalue weighted by molar-refractivity contribution is -0.159. The van der Waals surface area contributed by atoms with Gasteiger partial charge in [-0.15, -0.1) is 11.3 Å². The number of amides is 3. The Kier molecular flexibility index (Phi) is 6.76. The van der Waals surface area contributed by atoms with E-state index in [9.17, 15) is 14.4 Å². The van der Waals surface area contributed by atoms with Gasteiger partial charge < -0.3 is 15.1 Å². The van der Waals surface area contributed by atoms with Crippen molar-refractivity contribution in [3.05, 3.63) is 52.5 Å². The molecule has 1 fully saturated rings. The Hall–Kier alpha value is -2.74. The van der Waals surface area contributed by atoms with Gasteiger partial charge in [0.2, 0.25) is 5.91 Å². The van der Waals surface area contributed by atoms with Crippen molar-refractivity contribution < 1.29 is 14.4 Å². The Labute approximate surface area is 168 Å². The maximum atomic E-state index is 13.0. The van der Waals surface area contributed by atoms with Crippen molar-refractivity contribution in [1.82, 2.24) is 20.1 Å². The fourth-order valence-electron chi connectivity index (χ4n) is 3.21. The van der Waals surface area contributed by atoms with Gasteiger partial charge in [0.1, 0.15) is 11.0 Å². The first-order valence-corrected chi connectivity index (χ1v) is 10.3. The van der Waals surface area contributed by atoms with Crippen LogP contribution < -0.4 is 5.32 Å². The minimum atomic E-state index is -0.842. The first-order chi connectivity index (χ1) is 13.6. The van der Waals surface area contributed by atoms with E-state index in [-0.39, 0.29) is 5.91 Å². The Bertz CT molecular complexity index is 810. The fraction of sp³-hybridized carbons (Fsp3) is 0.400. The molecule has 1 aromatic carbocycles. The molecule has 3 amide bonds. The van der Waals surface area contributed by atoms with E-state index in [2.05, 4.69) is 10.3 Å². The van der Waals surface area contributed by atoms with Gasteiger partial charge in [0.25, 0.3) is 0 Å². The predicted molar refractivity (Wildman–Crippen MR) is 106 cm³/mol. The summed E-state index contributed by atoms with van der Waals surface area (Å²) < 4.78 is 0. The fourth-order valence-corrected chi connectivity index (χ4v) is 3.76. The first-order valence-electron chi connectivity index (χ1n) is 9.42. The maximum Gasteiger partial charge on any atom is 0.313 e. The molecule has 7 nitrogen and oxygen atoms in total. The minimum absolute atomic E-state index is 0.290. The zero-order valence-electron chi connectivity index (χ0n) is 15.8. The van der Waals surface area contributed by atoms with Crippen molar-refractivity contribution in [1.29, 1.82) is 0 Å². The number of carbonyl (C=O) groups excluding carboxylic acids is 3. The van der Waals surface area contributed by atoms with E-state index < -0.39 is 17.9 Å². The van der Waals surface area contributed by atoms with Crippen LogP contribution in [0.15, 0.2) is 41.9 Å². The number of rotatable bonds is 8. The van der Waals surface area contributed by atoms with Gasteiger partial charge in [-0.25, -0.2) is 4.98 Å². The summed E-state index contributed by atoms with van der Waals surface area (Å²) in [6, 6.07) is 8.25. The molecule has 2 aromatic rings. The van der Waals surface area contributed by atoms with Crippen LogP contribution in [0.25, 0.3) is 0 Å². The standard InChI is InChI=1S/C20H24N4O3S/c1-2-3-10-23-11-12-24(20(27)19(23)26)17(15-7-5-4-6-8-15)18(25)22-14-16-21-9-13-28-16/h4-9,13,17H,2-3,10-12,14H2,1H3,(H,22,25). The molecular weight excluding hydrogens is 376 g/mol. The lowest BCUT2D eigenvalue weighted by atomic mass is 10.0. The highest BCUT2D eigenvalue weighted by molar-refractivity contribution is 7.09. The highest BCUT2D eigenvalue weighted by atomic mass is 32.1. The van der Waals surface area contributed by atoms with Gasteiger partial charge in [-0.2, -0.15) is 0 Å². The van der Waals surface area contributed by atoms with Crippen molar-refractivity contribution in [3.63, 3.8) is 0 Å². The number of piperazine rings is 1. The van der Waals surface area contributed by atoms with Crippen LogP contribution in [0.1, 0.15) is 36.4 Å². The molecule has 0 bridgehead atoms. The second kappa shape index (κ2) is 9.45. The van der Waals surface area contributed by atoms with Crippen LogP contribution >= 0.6 is 11.3 Å². The van der Waals surface area contributed by atoms with Crippen LogP contribution in [0.3, 0.4) is 0 Å². The van der Waals surface area contributed by atoms with Gasteiger partial charge in [0.05, 0.1) is 6.54 Å². The van der Waals surface area contributed by atoms with Crippen LogP contribution in [-0.4, -0.2) is 52.1 Å². The average molecular weight is 401 g/mol. The number of benzene rings is 1. The number of thiazole rings is 1. The predicted octanol–water partition coefficient (Wildman–Crippen LogP) is 1.97. The number of unbranched alkanes of at least 4 members (excludes halogenated alkanes) is 1. The summed E-state index contributed by atoms with van der Waals surface area (Å²) in [7, 11) is 0. The summed E-state index contributed by atoms with van der Waals surface area (Å²) >= 11 is 1.45. The highest BCUT2D eigenvalue weighted by Crippen LogP contribution is 2.24. The van der Waals surface area contributed by atoms with E-state index in [0.717, 1.165) is 17.8 Å². The summed E-state index contributed by atoms with van der Waals surface area (Å²) in [6.45, 7) is 3.67. The van der Waals surface area contributed by atoms with E-state index in [1.54, 1.807) is 23.2 Å². The topological polar surface area (TPSA) is 82.6 Å². The lowest BCUT2D eigenvalue weighted by Gasteiger charge is -2.38. The van der Waals surface area contributed by atoms with Crippen molar-refractivity contribution >= 4 is 29.1 Å². The molecule has 1 aliphatic heterocycles. The number of hydrogen-bond donors (Lipinski definition) is 1. The smallest absolute Gasteiger partial charge is 0.313 e. The van der Waals surface area contributed by atoms with Crippen LogP contribution in [-0.2, 0) is 20.9 Å². The summed E-state index contributed by atoms with van der Waals surface area (Å²) in [5.74, 6) is -1.47. The zero-order chi connectivity index (χ0) is 19.9. The van der Waals surface area contributed by atoms with E-state index in [1.165, 1.54) is 16.2 Å². The quantitative estimate of drug-likeness (QED) is 0.687. The number of nitrogens with zero attached hydrogens (tertiary/aromatic N) is 3. The molecule has 1 aliphatic rings. The van der Waals surface area contributed by atoms with Gasteiger partial charge in [0, 0.05) is 31.2 Å². The molecule has 148 valence electrons. The maximum absolute atomic E-state index is 13.0. The van der Waals surface area contributed by atoms with Crippen molar-refractivity contribution in [3.8, 4) is 0 Å². The van der Waals surface area contributed by atoms with E-state index in [4.69, 9.17) is 0 Å². The van der Waals surface area contributed by atoms with Crippen LogP contribution in [0.5, 0.6) is 0 Å². The second-order valence-corrected chi connectivity index (χ2v) is 7.58. The molecule has 2 heterocycles. The third-order valence-electron chi connectivity index (χ3n) is 4.70. The van der Waals surface area contributed by atoms with Crippen LogP contribution in [0, 0.1) is 0 Å². The van der Waals surface area contributed by atoms with Crippen molar-refractivity contribution in [2.45, 2.75) is 32.4 Å². The molecule has 0 aliphatic carbocycles. The molecule has 1 saturated heterocycles. The molecule has 0 saturated carbocycles. The first kappa shape index (κ1) is 20.0. The average Bonchev–Trinajstić information content (AvgIpc) is 3.24. The van der Waals surface area contributed by atoms with E-state index in [1.807, 2.05) is 30.5 Å². The molecule has 1 atom stereocenters. The number of nitrogens with one attached hydrogen (secondary N) is 1. The SMILES string of the molecule is CCCCN1CCN(C(C(=O)NCc2nccs2)c2ccccc2)C(=O)C1=O. The second-order valence-electron chi connectivity index (χ2n) is 6.60. The monoisotopic (exact) mass is 400 g/mol. The molecular formula is C20H24N4O3S. The van der Waals surface area contributed by atoms with Crippen molar-refractivity contribution in [2.24, 2.45) is 0 Å². The lowest BCUT2D eigenvalue weighted by Crippen LogP contribution is -2.57. The van der Waals surface area contributed by atoms with Gasteiger partial charge in [-0.1, -0.05) is 43.7 Å². The summed E-state index contributed by atoms with van der Waals surface area (Å²) in [5.41, 5.74) is 0.683. The van der Waals surface area contributed by atoms with Crippen LogP contribution in [0.4, 0.5) is 0 Å². The molecule has 8 heteroatoms. The summed E-state index contributed by atoms with van der Waals surface area (Å²) in [6.07, 6.45) is 3.49. The molecule has 1 aromatic heterocycles. The molecule has 1 unspecified atom stereocenters. The van der Waals surface area contributed by atoms with Crippen molar-refractivity contribution in [2.75, 3.05) is 19.6 Å². The Morgan fingerprint density at radius 1 is 1.21 bits per heavy atom. The number of aromatic nitrogens is 1. The molecule has 28 heavy (non-hydrogen) atoms. The van der Waals surface area contributed by atoms with Gasteiger partial charge in [0.15, 0.2) is 0 Å². The van der Waals surface area contributed by atoms with Gasteiger partial charge in [-0.05, 0) is 12.0 Å².